The van der Waals surface area contributed by atoms with Gasteiger partial charge in [0, 0.05) is 11.4 Å². The summed E-state index contributed by atoms with van der Waals surface area (Å²) >= 11 is 1.26. The molecule has 0 aliphatic rings. The summed E-state index contributed by atoms with van der Waals surface area (Å²) in [5.74, 6) is 0.797. The summed E-state index contributed by atoms with van der Waals surface area (Å²) < 4.78 is 0. The molecule has 0 spiro atoms. The molecule has 0 atom stereocenters. The molecule has 0 saturated heterocycles. The monoisotopic (exact) mass is 318 g/mol. The first-order valence-electron chi connectivity index (χ1n) is 7.04. The molecule has 1 aromatic heterocycles. The Morgan fingerprint density at radius 1 is 1.27 bits per heavy atom. The highest BCUT2D eigenvalue weighted by Gasteiger charge is 2.23. The van der Waals surface area contributed by atoms with Crippen LogP contribution in [0.15, 0.2) is 46.6 Å². The van der Waals surface area contributed by atoms with Gasteiger partial charge in [-0.1, -0.05) is 43.8 Å². The third kappa shape index (κ3) is 4.42. The fraction of sp³-hybridized carbons (Fsp3) is 0.333. The third-order valence-electron chi connectivity index (χ3n) is 2.94. The number of rotatable bonds is 7. The Kier molecular flexibility index (Phi) is 5.71. The molecule has 1 aromatic carbocycles. The summed E-state index contributed by atoms with van der Waals surface area (Å²) in [6, 6.07) is 9.45. The molecule has 0 fully saturated rings. The molecule has 6 nitrogen and oxygen atoms in total. The first-order chi connectivity index (χ1) is 10.6. The molecule has 0 bridgehead atoms. The molecule has 2 rings (SSSR count). The van der Waals surface area contributed by atoms with E-state index in [1.807, 2.05) is 30.3 Å². The van der Waals surface area contributed by atoms with Crippen molar-refractivity contribution in [3.8, 4) is 0 Å². The van der Waals surface area contributed by atoms with Crippen LogP contribution in [0, 0.1) is 16.0 Å². The lowest BCUT2D eigenvalue weighted by molar-refractivity contribution is -0.387. The minimum absolute atomic E-state index is 0.0693. The van der Waals surface area contributed by atoms with E-state index in [1.165, 1.54) is 18.1 Å². The van der Waals surface area contributed by atoms with Gasteiger partial charge in [0.1, 0.15) is 6.33 Å². The van der Waals surface area contributed by atoms with E-state index in [2.05, 4.69) is 29.1 Å². The average molecular weight is 318 g/mol. The Morgan fingerprint density at radius 3 is 2.64 bits per heavy atom. The quantitative estimate of drug-likeness (QED) is 0.472. The lowest BCUT2D eigenvalue weighted by Gasteiger charge is -2.09. The molecule has 0 aliphatic carbocycles. The van der Waals surface area contributed by atoms with E-state index in [0.717, 1.165) is 11.3 Å². The first kappa shape index (κ1) is 16.2. The fourth-order valence-corrected chi connectivity index (χ4v) is 2.69. The molecule has 2 aromatic rings. The molecule has 0 radical (unpaired) electrons. The van der Waals surface area contributed by atoms with Gasteiger partial charge in [-0.05, 0) is 24.5 Å². The Hall–Kier alpha value is -2.15. The lowest BCUT2D eigenvalue weighted by atomic mass is 10.1. The van der Waals surface area contributed by atoms with Crippen LogP contribution in [0.25, 0.3) is 0 Å². The maximum atomic E-state index is 11.4. The van der Waals surface area contributed by atoms with E-state index in [-0.39, 0.29) is 11.5 Å². The van der Waals surface area contributed by atoms with E-state index < -0.39 is 4.92 Å². The number of benzene rings is 1. The van der Waals surface area contributed by atoms with Crippen LogP contribution >= 0.6 is 11.8 Å². The van der Waals surface area contributed by atoms with Crippen LogP contribution in [0.5, 0.6) is 0 Å². The van der Waals surface area contributed by atoms with Crippen molar-refractivity contribution in [3.63, 3.8) is 0 Å². The van der Waals surface area contributed by atoms with Gasteiger partial charge in [-0.2, -0.15) is 0 Å². The van der Waals surface area contributed by atoms with Crippen LogP contribution in [0.4, 0.5) is 11.5 Å². The lowest BCUT2D eigenvalue weighted by Crippen LogP contribution is -2.09. The Bertz CT molecular complexity index is 635. The van der Waals surface area contributed by atoms with Gasteiger partial charge in [0.15, 0.2) is 5.03 Å². The predicted molar refractivity (Wildman–Crippen MR) is 87.2 cm³/mol. The Morgan fingerprint density at radius 2 is 2.00 bits per heavy atom. The second-order valence-electron chi connectivity index (χ2n) is 5.16. The molecule has 0 saturated carbocycles. The largest absolute Gasteiger partial charge is 0.364 e. The van der Waals surface area contributed by atoms with Crippen molar-refractivity contribution in [2.75, 3.05) is 11.9 Å². The molecule has 0 amide bonds. The summed E-state index contributed by atoms with van der Waals surface area (Å²) in [6.07, 6.45) is 2.28. The highest BCUT2D eigenvalue weighted by atomic mass is 32.2. The minimum Gasteiger partial charge on any atom is -0.364 e. The second-order valence-corrected chi connectivity index (χ2v) is 6.22. The van der Waals surface area contributed by atoms with Gasteiger partial charge < -0.3 is 5.32 Å². The van der Waals surface area contributed by atoms with Crippen LogP contribution in [0.3, 0.4) is 0 Å². The average Bonchev–Trinajstić information content (AvgIpc) is 2.48. The molecule has 22 heavy (non-hydrogen) atoms. The van der Waals surface area contributed by atoms with Crippen molar-refractivity contribution in [2.45, 2.75) is 30.2 Å². The zero-order valence-electron chi connectivity index (χ0n) is 12.5. The number of nitrogens with one attached hydrogen (secondary N) is 1. The van der Waals surface area contributed by atoms with Crippen molar-refractivity contribution in [3.05, 3.63) is 46.8 Å². The van der Waals surface area contributed by atoms with Crippen LogP contribution in [0.2, 0.25) is 0 Å². The van der Waals surface area contributed by atoms with Crippen molar-refractivity contribution < 1.29 is 4.92 Å². The van der Waals surface area contributed by atoms with E-state index in [4.69, 9.17) is 0 Å². The molecular formula is C15H18N4O2S. The van der Waals surface area contributed by atoms with Gasteiger partial charge in [0.25, 0.3) is 0 Å². The summed E-state index contributed by atoms with van der Waals surface area (Å²) in [5.41, 5.74) is -0.0693. The minimum atomic E-state index is -0.428. The number of anilines is 1. The smallest absolute Gasteiger partial charge is 0.343 e. The zero-order valence-corrected chi connectivity index (χ0v) is 13.3. The molecule has 0 aliphatic heterocycles. The molecule has 0 unspecified atom stereocenters. The summed E-state index contributed by atoms with van der Waals surface area (Å²) in [4.78, 5) is 20.0. The number of aromatic nitrogens is 2. The van der Waals surface area contributed by atoms with Crippen LogP contribution in [-0.2, 0) is 0 Å². The number of hydrogen-bond acceptors (Lipinski definition) is 6. The topological polar surface area (TPSA) is 81.0 Å². The number of nitro groups is 1. The van der Waals surface area contributed by atoms with Crippen molar-refractivity contribution >= 4 is 23.3 Å². The van der Waals surface area contributed by atoms with Gasteiger partial charge in [-0.3, -0.25) is 10.1 Å². The molecule has 116 valence electrons. The Balaban J connectivity index is 2.24. The first-order valence-corrected chi connectivity index (χ1v) is 7.85. The van der Waals surface area contributed by atoms with E-state index in [0.29, 0.717) is 17.5 Å². The predicted octanol–water partition coefficient (Wildman–Crippen LogP) is 3.99. The highest BCUT2D eigenvalue weighted by Crippen LogP contribution is 2.36. The SMILES string of the molecule is CC(C)CCNc1ncnc(Sc2ccccc2)c1[N+](=O)[O-]. The Labute approximate surface area is 133 Å². The summed E-state index contributed by atoms with van der Waals surface area (Å²) in [7, 11) is 0. The third-order valence-corrected chi connectivity index (χ3v) is 3.94. The number of nitrogens with zero attached hydrogens (tertiary/aromatic N) is 3. The van der Waals surface area contributed by atoms with E-state index in [1.54, 1.807) is 0 Å². The van der Waals surface area contributed by atoms with Gasteiger partial charge in [-0.25, -0.2) is 9.97 Å². The summed E-state index contributed by atoms with van der Waals surface area (Å²) in [5, 5.41) is 14.8. The van der Waals surface area contributed by atoms with Gasteiger partial charge in [-0.15, -0.1) is 0 Å². The maximum Gasteiger partial charge on any atom is 0.343 e. The number of hydrogen-bond donors (Lipinski definition) is 1. The van der Waals surface area contributed by atoms with Crippen LogP contribution in [-0.4, -0.2) is 21.4 Å². The van der Waals surface area contributed by atoms with Gasteiger partial charge in [0.2, 0.25) is 5.82 Å². The van der Waals surface area contributed by atoms with E-state index >= 15 is 0 Å². The van der Waals surface area contributed by atoms with Crippen molar-refractivity contribution in [1.29, 1.82) is 0 Å². The molecular weight excluding hydrogens is 300 g/mol. The maximum absolute atomic E-state index is 11.4. The fourth-order valence-electron chi connectivity index (χ4n) is 1.81. The molecule has 1 N–H and O–H groups in total. The standard InChI is InChI=1S/C15H18N4O2S/c1-11(2)8-9-16-14-13(19(20)21)15(18-10-17-14)22-12-6-4-3-5-7-12/h3-7,10-11H,8-9H2,1-2H3,(H,16,17,18). The van der Waals surface area contributed by atoms with Gasteiger partial charge >= 0.3 is 5.69 Å². The van der Waals surface area contributed by atoms with Crippen molar-refractivity contribution in [1.82, 2.24) is 9.97 Å². The van der Waals surface area contributed by atoms with Crippen molar-refractivity contribution in [2.24, 2.45) is 5.92 Å². The molecule has 1 heterocycles. The van der Waals surface area contributed by atoms with E-state index in [9.17, 15) is 10.1 Å². The normalized spacial score (nSPS) is 10.7. The second kappa shape index (κ2) is 7.74. The van der Waals surface area contributed by atoms with Crippen LogP contribution in [0.1, 0.15) is 20.3 Å². The van der Waals surface area contributed by atoms with Gasteiger partial charge in [0.05, 0.1) is 4.92 Å². The summed E-state index contributed by atoms with van der Waals surface area (Å²) in [6.45, 7) is 4.85. The van der Waals surface area contributed by atoms with Crippen LogP contribution < -0.4 is 5.32 Å². The zero-order chi connectivity index (χ0) is 15.9. The highest BCUT2D eigenvalue weighted by molar-refractivity contribution is 7.99. The molecule has 7 heteroatoms.